The molecule has 6 aromatic rings. The number of hydrogen-bond acceptors (Lipinski definition) is 12. The van der Waals surface area contributed by atoms with Gasteiger partial charge >= 0.3 is 5.97 Å². The molecule has 334 valence electrons. The molecular formula is C51H48N2O12. The fourth-order valence-electron chi connectivity index (χ4n) is 5.90. The van der Waals surface area contributed by atoms with Crippen molar-refractivity contribution in [1.82, 2.24) is 0 Å². The number of nitrogens with zero attached hydrogens (tertiary/aromatic N) is 2. The Bertz CT molecular complexity index is 2700. The number of nitro groups is 1. The first-order valence-electron chi connectivity index (χ1n) is 19.7. The summed E-state index contributed by atoms with van der Waals surface area (Å²) in [6.45, 7) is 3.84. The molecule has 65 heavy (non-hydrogen) atoms. The highest BCUT2D eigenvalue weighted by atomic mass is 16.6. The van der Waals surface area contributed by atoms with Gasteiger partial charge in [0.1, 0.15) is 17.5 Å². The Morgan fingerprint density at radius 3 is 1.48 bits per heavy atom. The molecule has 0 spiro atoms. The van der Waals surface area contributed by atoms with Crippen LogP contribution in [0.2, 0.25) is 0 Å². The van der Waals surface area contributed by atoms with Crippen LogP contribution in [0.5, 0.6) is 34.5 Å². The van der Waals surface area contributed by atoms with E-state index >= 15 is 0 Å². The number of ether oxygens (including phenoxy) is 3. The van der Waals surface area contributed by atoms with E-state index < -0.39 is 10.9 Å². The zero-order valence-electron chi connectivity index (χ0n) is 36.2. The fraction of sp³-hybridized carbons (Fsp3) is 0.118. The molecule has 0 radical (unpaired) electrons. The molecule has 14 heteroatoms. The summed E-state index contributed by atoms with van der Waals surface area (Å²) in [5, 5.41) is 57.8. The lowest BCUT2D eigenvalue weighted by molar-refractivity contribution is -0.690. The largest absolute Gasteiger partial charge is 0.544 e. The van der Waals surface area contributed by atoms with Gasteiger partial charge in [-0.05, 0) is 101 Å². The van der Waals surface area contributed by atoms with Crippen LogP contribution in [0.4, 0.5) is 0 Å². The van der Waals surface area contributed by atoms with Crippen LogP contribution in [0.1, 0.15) is 60.4 Å². The molecule has 0 saturated heterocycles. The van der Waals surface area contributed by atoms with Crippen molar-refractivity contribution in [1.29, 1.82) is 0 Å². The third-order valence-electron chi connectivity index (χ3n) is 9.52. The van der Waals surface area contributed by atoms with Crippen LogP contribution in [0.3, 0.4) is 0 Å². The number of esters is 1. The van der Waals surface area contributed by atoms with E-state index in [0.717, 1.165) is 67.8 Å². The number of methoxy groups -OCH3 is 3. The quantitative estimate of drug-likeness (QED) is 0.0216. The topological polar surface area (TPSA) is 213 Å². The predicted molar refractivity (Wildman–Crippen MR) is 247 cm³/mol. The molecule has 0 unspecified atom stereocenters. The Morgan fingerprint density at radius 1 is 0.585 bits per heavy atom. The number of carboxylic acids is 1. The fourth-order valence-corrected chi connectivity index (χ4v) is 5.90. The summed E-state index contributed by atoms with van der Waals surface area (Å²) in [5.74, 6) is -0.489. The highest BCUT2D eigenvalue weighted by Crippen LogP contribution is 2.34. The average Bonchev–Trinajstić information content (AvgIpc) is 3.30. The lowest BCUT2D eigenvalue weighted by Gasteiger charge is -2.15. The molecule has 1 heterocycles. The lowest BCUT2D eigenvalue weighted by atomic mass is 10.0. The molecule has 6 rings (SSSR count). The molecule has 5 aromatic carbocycles. The number of aromatic hydroxyl groups is 4. The average molecular weight is 881 g/mol. The number of aromatic nitrogens is 1. The third-order valence-corrected chi connectivity index (χ3v) is 9.52. The minimum Gasteiger partial charge on any atom is -0.544 e. The van der Waals surface area contributed by atoms with Gasteiger partial charge in [-0.15, -0.1) is 0 Å². The summed E-state index contributed by atoms with van der Waals surface area (Å²) in [6.07, 6.45) is 16.8. The zero-order chi connectivity index (χ0) is 47.5. The minimum atomic E-state index is -1.14. The van der Waals surface area contributed by atoms with E-state index in [-0.39, 0.29) is 35.5 Å². The number of phenols is 4. The Kier molecular flexibility index (Phi) is 18.2. The van der Waals surface area contributed by atoms with Crippen molar-refractivity contribution >= 4 is 54.5 Å². The molecule has 14 nitrogen and oxygen atoms in total. The van der Waals surface area contributed by atoms with Crippen LogP contribution < -0.4 is 19.1 Å². The van der Waals surface area contributed by atoms with Gasteiger partial charge in [-0.1, -0.05) is 85.0 Å². The maximum atomic E-state index is 11.5. The van der Waals surface area contributed by atoms with E-state index in [9.17, 15) is 45.2 Å². The number of carbonyl (C=O) groups excluding carboxylic acids is 2. The molecule has 1 aromatic heterocycles. The first kappa shape index (κ1) is 49.0. The standard InChI is InChI=1S/C20H22O4.C16H13NO4.C15H13NO4/c1-13-14(2)19(23-4)17(12-18(13)22-3)11-8-15-6-9-16(10-7-15)20(21)24-5;18-15-8-7-14(11-16(15)19)6-5-12-1-3-13(4-2-12)9-10-17(20)21;17-13-4-3-12(9-14(13)18)2-1-11-5-7-16(8-6-11)10-15(19)20/h6-12H,1-5H3;1-11,18-19H;1-9H,10H2,(H2,18,19,20). The van der Waals surface area contributed by atoms with Gasteiger partial charge in [-0.25, -0.2) is 4.79 Å². The highest BCUT2D eigenvalue weighted by Gasteiger charge is 2.12. The van der Waals surface area contributed by atoms with Crippen LogP contribution in [-0.4, -0.2) is 58.6 Å². The number of benzene rings is 5. The number of carboxylic acid groups (broad SMARTS) is 1. The van der Waals surface area contributed by atoms with Crippen LogP contribution >= 0.6 is 0 Å². The van der Waals surface area contributed by atoms with Gasteiger partial charge in [0, 0.05) is 23.8 Å². The summed E-state index contributed by atoms with van der Waals surface area (Å²) in [6, 6.07) is 29.0. The number of pyridine rings is 1. The SMILES string of the molecule is COC(=O)c1ccc(C=Cc2cc(OC)c(C)c(C)c2OC)cc1.O=C([O-])C[n+]1ccc(C=Cc2ccc(O)c(O)c2)cc1.O=[N+]([O-])C=Cc1ccc(C=Cc2ccc(O)c(O)c2)cc1. The van der Waals surface area contributed by atoms with E-state index in [4.69, 9.17) is 14.2 Å². The Labute approximate surface area is 376 Å². The van der Waals surface area contributed by atoms with Crippen molar-refractivity contribution in [3.8, 4) is 34.5 Å². The summed E-state index contributed by atoms with van der Waals surface area (Å²) < 4.78 is 17.2. The monoisotopic (exact) mass is 880 g/mol. The summed E-state index contributed by atoms with van der Waals surface area (Å²) in [7, 11) is 4.69. The molecule has 0 aliphatic carbocycles. The van der Waals surface area contributed by atoms with Crippen LogP contribution in [-0.2, 0) is 16.1 Å². The molecule has 0 saturated carbocycles. The molecule has 0 amide bonds. The second kappa shape index (κ2) is 24.1. The van der Waals surface area contributed by atoms with Gasteiger partial charge in [-0.2, -0.15) is 4.57 Å². The van der Waals surface area contributed by atoms with Gasteiger partial charge in [0.2, 0.25) is 6.20 Å². The smallest absolute Gasteiger partial charge is 0.337 e. The Morgan fingerprint density at radius 2 is 1.03 bits per heavy atom. The maximum absolute atomic E-state index is 11.5. The number of carbonyl (C=O) groups is 2. The van der Waals surface area contributed by atoms with Crippen molar-refractivity contribution in [2.45, 2.75) is 20.4 Å². The van der Waals surface area contributed by atoms with Crippen LogP contribution in [0.15, 0.2) is 122 Å². The minimum absolute atomic E-state index is 0.158. The van der Waals surface area contributed by atoms with Gasteiger partial charge in [0.25, 0.3) is 0 Å². The third kappa shape index (κ3) is 15.3. The molecule has 0 aliphatic rings. The van der Waals surface area contributed by atoms with Crippen molar-refractivity contribution in [3.63, 3.8) is 0 Å². The van der Waals surface area contributed by atoms with E-state index in [1.807, 2.05) is 68.5 Å². The van der Waals surface area contributed by atoms with E-state index in [2.05, 4.69) is 0 Å². The normalized spacial score (nSPS) is 10.9. The van der Waals surface area contributed by atoms with Crippen molar-refractivity contribution in [2.75, 3.05) is 21.3 Å². The zero-order valence-corrected chi connectivity index (χ0v) is 36.2. The molecule has 0 bridgehead atoms. The summed E-state index contributed by atoms with van der Waals surface area (Å²) in [5.41, 5.74) is 8.59. The second-order valence-electron chi connectivity index (χ2n) is 14.0. The van der Waals surface area contributed by atoms with E-state index in [0.29, 0.717) is 5.56 Å². The van der Waals surface area contributed by atoms with E-state index in [1.165, 1.54) is 42.0 Å². The number of phenolic OH excluding ortho intramolecular Hbond substituents is 4. The van der Waals surface area contributed by atoms with Crippen LogP contribution in [0, 0.1) is 24.0 Å². The van der Waals surface area contributed by atoms with Crippen molar-refractivity contribution < 1.29 is 58.8 Å². The van der Waals surface area contributed by atoms with Gasteiger partial charge in [0.15, 0.2) is 41.9 Å². The second-order valence-corrected chi connectivity index (χ2v) is 14.0. The Hall–Kier alpha value is -8.65. The van der Waals surface area contributed by atoms with Crippen LogP contribution in [0.25, 0.3) is 42.5 Å². The lowest BCUT2D eigenvalue weighted by Crippen LogP contribution is -2.43. The first-order valence-corrected chi connectivity index (χ1v) is 19.7. The molecule has 0 fully saturated rings. The number of aliphatic carboxylic acids is 1. The van der Waals surface area contributed by atoms with E-state index in [1.54, 1.807) is 87.3 Å². The summed E-state index contributed by atoms with van der Waals surface area (Å²) >= 11 is 0. The molecule has 0 aliphatic heterocycles. The van der Waals surface area contributed by atoms with Crippen molar-refractivity contribution in [2.24, 2.45) is 0 Å². The Balaban J connectivity index is 0.000000214. The number of hydrogen-bond donors (Lipinski definition) is 4. The summed E-state index contributed by atoms with van der Waals surface area (Å²) in [4.78, 5) is 31.6. The maximum Gasteiger partial charge on any atom is 0.337 e. The highest BCUT2D eigenvalue weighted by molar-refractivity contribution is 5.89. The molecule has 4 N–H and O–H groups in total. The number of rotatable bonds is 13. The van der Waals surface area contributed by atoms with Gasteiger partial charge < -0.3 is 44.5 Å². The van der Waals surface area contributed by atoms with Crippen molar-refractivity contribution in [3.05, 3.63) is 187 Å². The molecular weight excluding hydrogens is 833 g/mol. The van der Waals surface area contributed by atoms with Gasteiger partial charge in [-0.3, -0.25) is 10.1 Å². The van der Waals surface area contributed by atoms with Gasteiger partial charge in [0.05, 0.1) is 31.8 Å². The first-order chi connectivity index (χ1) is 31.1. The predicted octanol–water partition coefficient (Wildman–Crippen LogP) is 8.10. The molecule has 0 atom stereocenters.